The van der Waals surface area contributed by atoms with Gasteiger partial charge in [0, 0.05) is 25.3 Å². The number of aliphatic hydroxyl groups is 1. The van der Waals surface area contributed by atoms with Crippen LogP contribution in [0.15, 0.2) is 115 Å². The second-order valence-corrected chi connectivity index (χ2v) is 8.62. The fraction of sp³-hybridized carbons (Fsp3) is 0.200. The van der Waals surface area contributed by atoms with Crippen LogP contribution in [0.2, 0.25) is 0 Å². The molecule has 4 rings (SSSR count). The molecule has 1 heterocycles. The van der Waals surface area contributed by atoms with Crippen LogP contribution in [0.4, 0.5) is 0 Å². The summed E-state index contributed by atoms with van der Waals surface area (Å²) in [5.74, 6) is -0.400. The lowest BCUT2D eigenvalue weighted by Crippen LogP contribution is -2.51. The number of nitrogens with zero attached hydrogens (tertiary/aromatic N) is 2. The molecule has 0 saturated heterocycles. The van der Waals surface area contributed by atoms with Gasteiger partial charge in [0.1, 0.15) is 6.10 Å². The molecule has 0 bridgehead atoms. The first-order chi connectivity index (χ1) is 17.2. The average Bonchev–Trinajstić information content (AvgIpc) is 2.92. The lowest BCUT2D eigenvalue weighted by molar-refractivity contribution is -0.133. The van der Waals surface area contributed by atoms with Crippen LogP contribution in [0.3, 0.4) is 0 Å². The van der Waals surface area contributed by atoms with Gasteiger partial charge in [-0.2, -0.15) is 0 Å². The lowest BCUT2D eigenvalue weighted by atomic mass is 9.97. The van der Waals surface area contributed by atoms with E-state index in [1.807, 2.05) is 84.9 Å². The van der Waals surface area contributed by atoms with Crippen molar-refractivity contribution < 1.29 is 9.90 Å². The Morgan fingerprint density at radius 2 is 1.26 bits per heavy atom. The van der Waals surface area contributed by atoms with Gasteiger partial charge in [-0.25, -0.2) is 0 Å². The van der Waals surface area contributed by atoms with E-state index < -0.39 is 18.1 Å². The Kier molecular flexibility index (Phi) is 8.76. The van der Waals surface area contributed by atoms with Gasteiger partial charge in [0.2, 0.25) is 0 Å². The third kappa shape index (κ3) is 7.34. The van der Waals surface area contributed by atoms with Gasteiger partial charge in [0.05, 0.1) is 12.2 Å². The summed E-state index contributed by atoms with van der Waals surface area (Å²) in [6.45, 7) is 1.49. The van der Waals surface area contributed by atoms with Crippen molar-refractivity contribution in [3.05, 3.63) is 138 Å². The molecule has 3 aromatic carbocycles. The molecule has 0 aliphatic heterocycles. The highest BCUT2D eigenvalue weighted by Crippen LogP contribution is 2.20. The summed E-state index contributed by atoms with van der Waals surface area (Å²) >= 11 is 0. The predicted molar refractivity (Wildman–Crippen MR) is 138 cm³/mol. The van der Waals surface area contributed by atoms with Gasteiger partial charge in [-0.3, -0.25) is 14.7 Å². The number of amides is 1. The molecule has 0 saturated carbocycles. The Hall–Kier alpha value is -3.80. The van der Waals surface area contributed by atoms with Crippen molar-refractivity contribution in [2.24, 2.45) is 0 Å². The number of nitrogens with one attached hydrogen (secondary N) is 1. The minimum Gasteiger partial charge on any atom is -0.382 e. The van der Waals surface area contributed by atoms with Crippen LogP contribution in [0.1, 0.15) is 22.4 Å². The first-order valence-corrected chi connectivity index (χ1v) is 11.9. The highest BCUT2D eigenvalue weighted by molar-refractivity contribution is 5.81. The molecule has 1 aromatic heterocycles. The quantitative estimate of drug-likeness (QED) is 0.345. The van der Waals surface area contributed by atoms with E-state index in [9.17, 15) is 9.90 Å². The van der Waals surface area contributed by atoms with Gasteiger partial charge in [-0.15, -0.1) is 0 Å². The zero-order chi connectivity index (χ0) is 24.3. The van der Waals surface area contributed by atoms with E-state index in [2.05, 4.69) is 39.5 Å². The normalized spacial score (nSPS) is 12.7. The first kappa shape index (κ1) is 24.3. The summed E-state index contributed by atoms with van der Waals surface area (Å²) in [5.41, 5.74) is 4.07. The topological polar surface area (TPSA) is 65.5 Å². The summed E-state index contributed by atoms with van der Waals surface area (Å²) in [6, 6.07) is 35.5. The van der Waals surface area contributed by atoms with Crippen molar-refractivity contribution in [3.8, 4) is 0 Å². The van der Waals surface area contributed by atoms with Gasteiger partial charge in [-0.1, -0.05) is 97.1 Å². The third-order valence-electron chi connectivity index (χ3n) is 6.02. The van der Waals surface area contributed by atoms with E-state index in [0.29, 0.717) is 19.5 Å². The maximum Gasteiger partial charge on any atom is 0.250 e. The van der Waals surface area contributed by atoms with Crippen LogP contribution in [0.25, 0.3) is 0 Å². The molecule has 2 atom stereocenters. The number of carbonyl (C=O) groups is 1. The van der Waals surface area contributed by atoms with Crippen LogP contribution in [-0.2, 0) is 30.8 Å². The van der Waals surface area contributed by atoms with Crippen LogP contribution < -0.4 is 5.32 Å². The molecule has 0 aliphatic rings. The minimum absolute atomic E-state index is 0.270. The van der Waals surface area contributed by atoms with Gasteiger partial charge in [0.25, 0.3) is 5.91 Å². The fourth-order valence-electron chi connectivity index (χ4n) is 4.18. The molecule has 0 radical (unpaired) electrons. The number of hydrogen-bond acceptors (Lipinski definition) is 4. The average molecular weight is 466 g/mol. The summed E-state index contributed by atoms with van der Waals surface area (Å²) in [6.07, 6.45) is 1.02. The number of benzene rings is 3. The van der Waals surface area contributed by atoms with Gasteiger partial charge >= 0.3 is 0 Å². The molecule has 0 fully saturated rings. The monoisotopic (exact) mass is 465 g/mol. The Morgan fingerprint density at radius 3 is 1.77 bits per heavy atom. The highest BCUT2D eigenvalue weighted by Gasteiger charge is 2.31. The van der Waals surface area contributed by atoms with E-state index in [0.717, 1.165) is 22.4 Å². The van der Waals surface area contributed by atoms with E-state index in [-0.39, 0.29) is 6.54 Å². The van der Waals surface area contributed by atoms with Crippen molar-refractivity contribution in [1.82, 2.24) is 15.2 Å². The van der Waals surface area contributed by atoms with Crippen molar-refractivity contribution in [2.45, 2.75) is 38.2 Å². The van der Waals surface area contributed by atoms with Crippen LogP contribution in [-0.4, -0.2) is 33.0 Å². The Balaban J connectivity index is 1.60. The SMILES string of the molecule is O=C(NCc1ccccn1)C(O)C(Cc1ccccc1)N(Cc1ccccc1)Cc1ccccc1. The zero-order valence-corrected chi connectivity index (χ0v) is 19.7. The Bertz CT molecular complexity index is 1110. The molecular formula is C30H31N3O2. The molecule has 5 heteroatoms. The van der Waals surface area contributed by atoms with Crippen molar-refractivity contribution >= 4 is 5.91 Å². The first-order valence-electron chi connectivity index (χ1n) is 11.9. The minimum atomic E-state index is -1.22. The second-order valence-electron chi connectivity index (χ2n) is 8.62. The standard InChI is InChI=1S/C30H31N3O2/c34-29(30(35)32-21-27-18-10-11-19-31-27)28(20-24-12-4-1-5-13-24)33(22-25-14-6-2-7-15-25)23-26-16-8-3-9-17-26/h1-19,28-29,34H,20-23H2,(H,32,35). The van der Waals surface area contributed by atoms with E-state index >= 15 is 0 Å². The second kappa shape index (κ2) is 12.6. The molecular weight excluding hydrogens is 434 g/mol. The van der Waals surface area contributed by atoms with Gasteiger partial charge in [-0.05, 0) is 35.2 Å². The summed E-state index contributed by atoms with van der Waals surface area (Å²) in [4.78, 5) is 19.6. The number of aliphatic hydroxyl groups excluding tert-OH is 1. The zero-order valence-electron chi connectivity index (χ0n) is 19.7. The molecule has 0 spiro atoms. The van der Waals surface area contributed by atoms with Crippen LogP contribution >= 0.6 is 0 Å². The molecule has 2 N–H and O–H groups in total. The molecule has 4 aromatic rings. The van der Waals surface area contributed by atoms with E-state index in [4.69, 9.17) is 0 Å². The van der Waals surface area contributed by atoms with Gasteiger partial charge in [0.15, 0.2) is 0 Å². The highest BCUT2D eigenvalue weighted by atomic mass is 16.3. The number of aromatic nitrogens is 1. The van der Waals surface area contributed by atoms with Crippen molar-refractivity contribution in [3.63, 3.8) is 0 Å². The largest absolute Gasteiger partial charge is 0.382 e. The number of rotatable bonds is 11. The fourth-order valence-corrected chi connectivity index (χ4v) is 4.18. The number of pyridine rings is 1. The van der Waals surface area contributed by atoms with Gasteiger partial charge < -0.3 is 10.4 Å². The number of hydrogen-bond donors (Lipinski definition) is 2. The molecule has 178 valence electrons. The number of carbonyl (C=O) groups excluding carboxylic acids is 1. The summed E-state index contributed by atoms with van der Waals surface area (Å²) in [5, 5.41) is 14.2. The third-order valence-corrected chi connectivity index (χ3v) is 6.02. The molecule has 35 heavy (non-hydrogen) atoms. The maximum absolute atomic E-state index is 13.1. The van der Waals surface area contributed by atoms with E-state index in [1.54, 1.807) is 6.20 Å². The van der Waals surface area contributed by atoms with E-state index in [1.165, 1.54) is 0 Å². The lowest BCUT2D eigenvalue weighted by Gasteiger charge is -2.35. The Morgan fingerprint density at radius 1 is 0.743 bits per heavy atom. The molecule has 1 amide bonds. The summed E-state index contributed by atoms with van der Waals surface area (Å²) < 4.78 is 0. The summed E-state index contributed by atoms with van der Waals surface area (Å²) in [7, 11) is 0. The van der Waals surface area contributed by atoms with Crippen molar-refractivity contribution in [1.29, 1.82) is 0 Å². The molecule has 2 unspecified atom stereocenters. The van der Waals surface area contributed by atoms with Crippen molar-refractivity contribution in [2.75, 3.05) is 0 Å². The molecule has 5 nitrogen and oxygen atoms in total. The predicted octanol–water partition coefficient (Wildman–Crippen LogP) is 4.37. The molecule has 0 aliphatic carbocycles. The van der Waals surface area contributed by atoms with Crippen LogP contribution in [0.5, 0.6) is 0 Å². The maximum atomic E-state index is 13.1. The van der Waals surface area contributed by atoms with Crippen LogP contribution in [0, 0.1) is 0 Å². The Labute approximate surface area is 207 Å². The smallest absolute Gasteiger partial charge is 0.250 e.